The van der Waals surface area contributed by atoms with Gasteiger partial charge in [-0.05, 0) is 13.0 Å². The molecule has 7 heteroatoms. The molecule has 0 aliphatic carbocycles. The van der Waals surface area contributed by atoms with Crippen LogP contribution in [0.25, 0.3) is 0 Å². The number of hydrogen-bond donors (Lipinski definition) is 0. The van der Waals surface area contributed by atoms with E-state index in [9.17, 15) is 9.59 Å². The average molecular weight is 298 g/mol. The first-order chi connectivity index (χ1) is 9.33. The van der Waals surface area contributed by atoms with Crippen LogP contribution in [0.3, 0.4) is 0 Å². The van der Waals surface area contributed by atoms with Crippen LogP contribution in [0, 0.1) is 0 Å². The van der Waals surface area contributed by atoms with E-state index in [4.69, 9.17) is 9.47 Å². The molecule has 0 aliphatic heterocycles. The lowest BCUT2D eigenvalue weighted by Gasteiger charge is -2.15. The maximum atomic E-state index is 11.8. The number of rotatable bonds is 7. The minimum Gasteiger partial charge on any atom is -0.461 e. The summed E-state index contributed by atoms with van der Waals surface area (Å²) in [5, 5.41) is 0. The van der Waals surface area contributed by atoms with E-state index >= 15 is 0 Å². The molecule has 6 nitrogen and oxygen atoms in total. The molecule has 0 bridgehead atoms. The summed E-state index contributed by atoms with van der Waals surface area (Å²) in [4.78, 5) is 27.1. The van der Waals surface area contributed by atoms with Crippen LogP contribution >= 0.6 is 0 Å². The second kappa shape index (κ2) is 7.35. The quantitative estimate of drug-likeness (QED) is 0.435. The van der Waals surface area contributed by atoms with Crippen molar-refractivity contribution in [3.05, 3.63) is 28.4 Å². The van der Waals surface area contributed by atoms with Crippen LogP contribution in [-0.4, -0.2) is 36.8 Å². The zero-order valence-corrected chi connectivity index (χ0v) is 13.5. The number of ether oxygens (including phenoxy) is 2. The largest absolute Gasteiger partial charge is 0.461 e. The maximum absolute atomic E-state index is 11.8. The fraction of sp³-hybridized carbons (Fsp3) is 0.615. The highest BCUT2D eigenvalue weighted by Crippen LogP contribution is 2.07. The fourth-order valence-corrected chi connectivity index (χ4v) is 2.14. The predicted octanol–water partition coefficient (Wildman–Crippen LogP) is 1.73. The molecule has 0 unspecified atom stereocenters. The monoisotopic (exact) mass is 298 g/mol. The third-order valence-corrected chi connectivity index (χ3v) is 4.29. The lowest BCUT2D eigenvalue weighted by Crippen LogP contribution is -2.26. The maximum Gasteiger partial charge on any atom is 0.357 e. The van der Waals surface area contributed by atoms with E-state index in [0.29, 0.717) is 6.61 Å². The summed E-state index contributed by atoms with van der Waals surface area (Å²) in [5.41, 5.74) is -0.300. The average Bonchev–Trinajstić information content (AvgIpc) is 2.35. The molecule has 0 aromatic carbocycles. The zero-order chi connectivity index (χ0) is 15.2. The van der Waals surface area contributed by atoms with Gasteiger partial charge in [0, 0.05) is 20.7 Å². The molecule has 20 heavy (non-hydrogen) atoms. The first-order valence-corrected chi connectivity index (χ1v) is 10.4. The van der Waals surface area contributed by atoms with Gasteiger partial charge in [0.25, 0.3) is 5.56 Å². The van der Waals surface area contributed by atoms with Crippen LogP contribution in [0.2, 0.25) is 25.7 Å². The molecule has 1 heterocycles. The Hall–Kier alpha value is -1.47. The van der Waals surface area contributed by atoms with Crippen molar-refractivity contribution in [2.24, 2.45) is 0 Å². The Morgan fingerprint density at radius 2 is 2.10 bits per heavy atom. The normalized spacial score (nSPS) is 11.4. The van der Waals surface area contributed by atoms with Crippen LogP contribution in [-0.2, 0) is 16.2 Å². The molecule has 0 aliphatic rings. The number of carbonyl (C=O) groups excluding carboxylic acids is 1. The zero-order valence-electron chi connectivity index (χ0n) is 12.5. The summed E-state index contributed by atoms with van der Waals surface area (Å²) in [6.45, 7) is 9.52. The minimum atomic E-state index is -1.13. The molecular weight excluding hydrogens is 276 g/mol. The Bertz CT molecular complexity index is 508. The lowest BCUT2D eigenvalue weighted by atomic mass is 10.4. The molecule has 0 fully saturated rings. The third-order valence-electron chi connectivity index (χ3n) is 2.59. The first-order valence-electron chi connectivity index (χ1n) is 6.65. The van der Waals surface area contributed by atoms with Crippen LogP contribution in [0.1, 0.15) is 17.4 Å². The molecule has 1 aromatic rings. The van der Waals surface area contributed by atoms with Crippen molar-refractivity contribution in [2.75, 3.05) is 13.2 Å². The van der Waals surface area contributed by atoms with Gasteiger partial charge in [-0.15, -0.1) is 0 Å². The van der Waals surface area contributed by atoms with Gasteiger partial charge in [-0.1, -0.05) is 19.6 Å². The molecule has 1 rings (SSSR count). The van der Waals surface area contributed by atoms with Gasteiger partial charge < -0.3 is 9.47 Å². The third kappa shape index (κ3) is 5.66. The van der Waals surface area contributed by atoms with Crippen molar-refractivity contribution < 1.29 is 14.3 Å². The van der Waals surface area contributed by atoms with E-state index < -0.39 is 14.0 Å². The van der Waals surface area contributed by atoms with E-state index in [0.717, 1.165) is 6.04 Å². The summed E-state index contributed by atoms with van der Waals surface area (Å²) < 4.78 is 11.6. The van der Waals surface area contributed by atoms with Crippen molar-refractivity contribution >= 4 is 14.0 Å². The van der Waals surface area contributed by atoms with Gasteiger partial charge in [0.15, 0.2) is 5.69 Å². The van der Waals surface area contributed by atoms with Crippen molar-refractivity contribution in [1.29, 1.82) is 0 Å². The second-order valence-electron chi connectivity index (χ2n) is 5.65. The van der Waals surface area contributed by atoms with Gasteiger partial charge >= 0.3 is 5.97 Å². The van der Waals surface area contributed by atoms with E-state index in [1.807, 2.05) is 0 Å². The van der Waals surface area contributed by atoms with Gasteiger partial charge in [0.05, 0.1) is 6.61 Å². The summed E-state index contributed by atoms with van der Waals surface area (Å²) in [5.74, 6) is -0.587. The summed E-state index contributed by atoms with van der Waals surface area (Å²) >= 11 is 0. The van der Waals surface area contributed by atoms with E-state index in [-0.39, 0.29) is 24.6 Å². The number of nitrogens with zero attached hydrogens (tertiary/aromatic N) is 2. The SMILES string of the molecule is CCOC(=O)c1cc(=O)n(COCC[Si](C)(C)C)cn1. The molecule has 112 valence electrons. The Balaban J connectivity index is 2.56. The fourth-order valence-electron chi connectivity index (χ4n) is 1.38. The highest BCUT2D eigenvalue weighted by atomic mass is 28.3. The molecule has 0 radical (unpaired) electrons. The highest BCUT2D eigenvalue weighted by molar-refractivity contribution is 6.76. The van der Waals surface area contributed by atoms with Gasteiger partial charge in [0.1, 0.15) is 13.1 Å². The summed E-state index contributed by atoms with van der Waals surface area (Å²) in [7, 11) is -1.13. The highest BCUT2D eigenvalue weighted by Gasteiger charge is 2.13. The number of carbonyl (C=O) groups is 1. The minimum absolute atomic E-state index is 0.0233. The summed E-state index contributed by atoms with van der Waals surface area (Å²) in [6.07, 6.45) is 1.31. The Labute approximate surface area is 119 Å². The smallest absolute Gasteiger partial charge is 0.357 e. The Kier molecular flexibility index (Phi) is 6.09. The lowest BCUT2D eigenvalue weighted by molar-refractivity contribution is 0.0516. The second-order valence-corrected chi connectivity index (χ2v) is 11.3. The van der Waals surface area contributed by atoms with Crippen LogP contribution < -0.4 is 5.56 Å². The molecule has 0 spiro atoms. The molecule has 0 saturated heterocycles. The van der Waals surface area contributed by atoms with Crippen molar-refractivity contribution in [2.45, 2.75) is 39.3 Å². The van der Waals surface area contributed by atoms with E-state index in [2.05, 4.69) is 24.6 Å². The Morgan fingerprint density at radius 3 is 2.65 bits per heavy atom. The molecule has 0 saturated carbocycles. The van der Waals surface area contributed by atoms with Crippen LogP contribution in [0.15, 0.2) is 17.2 Å². The van der Waals surface area contributed by atoms with Gasteiger partial charge in [-0.2, -0.15) is 0 Å². The topological polar surface area (TPSA) is 70.4 Å². The first kappa shape index (κ1) is 16.6. The van der Waals surface area contributed by atoms with Crippen LogP contribution in [0.4, 0.5) is 0 Å². The van der Waals surface area contributed by atoms with Crippen molar-refractivity contribution in [3.8, 4) is 0 Å². The standard InChI is InChI=1S/C13H22N2O4Si/c1-5-19-13(17)11-8-12(16)15(9-14-11)10-18-6-7-20(2,3)4/h8-9H,5-7,10H2,1-4H3. The van der Waals surface area contributed by atoms with Gasteiger partial charge in [-0.3, -0.25) is 9.36 Å². The molecule has 1 aromatic heterocycles. The van der Waals surface area contributed by atoms with Gasteiger partial charge in [-0.25, -0.2) is 9.78 Å². The van der Waals surface area contributed by atoms with E-state index in [1.54, 1.807) is 6.92 Å². The number of aromatic nitrogens is 2. The van der Waals surface area contributed by atoms with Gasteiger partial charge in [0.2, 0.25) is 0 Å². The van der Waals surface area contributed by atoms with Crippen molar-refractivity contribution in [3.63, 3.8) is 0 Å². The predicted molar refractivity (Wildman–Crippen MR) is 78.6 cm³/mol. The van der Waals surface area contributed by atoms with E-state index in [1.165, 1.54) is 17.0 Å². The molecule has 0 amide bonds. The number of hydrogen-bond acceptors (Lipinski definition) is 5. The molecular formula is C13H22N2O4Si. The number of esters is 1. The van der Waals surface area contributed by atoms with Crippen molar-refractivity contribution in [1.82, 2.24) is 9.55 Å². The van der Waals surface area contributed by atoms with Crippen LogP contribution in [0.5, 0.6) is 0 Å². The molecule has 0 atom stereocenters. The summed E-state index contributed by atoms with van der Waals surface area (Å²) in [6, 6.07) is 2.20. The Morgan fingerprint density at radius 1 is 1.40 bits per heavy atom. The molecule has 0 N–H and O–H groups in total.